The van der Waals surface area contributed by atoms with Crippen LogP contribution in [0, 0.1) is 0 Å². The van der Waals surface area contributed by atoms with Gasteiger partial charge in [0.2, 0.25) is 0 Å². The Labute approximate surface area is 172 Å². The van der Waals surface area contributed by atoms with Gasteiger partial charge in [0, 0.05) is 23.3 Å². The van der Waals surface area contributed by atoms with Gasteiger partial charge in [0.05, 0.1) is 19.2 Å². The van der Waals surface area contributed by atoms with Crippen LogP contribution in [-0.2, 0) is 22.5 Å². The number of alkyl halides is 3. The van der Waals surface area contributed by atoms with E-state index in [1.807, 2.05) is 0 Å². The molecule has 0 saturated heterocycles. The molecule has 11 heteroatoms. The highest BCUT2D eigenvalue weighted by molar-refractivity contribution is 5.99. The normalized spacial score (nSPS) is 11.7. The van der Waals surface area contributed by atoms with Crippen LogP contribution in [0.3, 0.4) is 0 Å². The van der Waals surface area contributed by atoms with Crippen LogP contribution in [0.4, 0.5) is 13.2 Å². The fourth-order valence-electron chi connectivity index (χ4n) is 3.02. The number of ether oxygens (including phenoxy) is 1. The fraction of sp³-hybridized carbons (Fsp3) is 0.200. The second kappa shape index (κ2) is 8.09. The number of carbonyl (C=O) groups is 2. The second-order valence-electron chi connectivity index (χ2n) is 6.63. The lowest BCUT2D eigenvalue weighted by Crippen LogP contribution is -2.22. The van der Waals surface area contributed by atoms with Gasteiger partial charge in [-0.25, -0.2) is 9.50 Å². The molecule has 0 aliphatic carbocycles. The van der Waals surface area contributed by atoms with Gasteiger partial charge in [-0.15, -0.1) is 0 Å². The monoisotopic (exact) mass is 432 g/mol. The summed E-state index contributed by atoms with van der Waals surface area (Å²) < 4.78 is 48.1. The molecule has 0 aliphatic heterocycles. The van der Waals surface area contributed by atoms with Crippen molar-refractivity contribution < 1.29 is 31.9 Å². The maximum absolute atomic E-state index is 12.5. The third-order valence-corrected chi connectivity index (χ3v) is 4.36. The summed E-state index contributed by atoms with van der Waals surface area (Å²) in [7, 11) is 0. The van der Waals surface area contributed by atoms with Gasteiger partial charge in [0.25, 0.3) is 5.91 Å². The lowest BCUT2D eigenvalue weighted by molar-refractivity contribution is -0.185. The minimum Gasteiger partial charge on any atom is -0.459 e. The average Bonchev–Trinajstić information content (AvgIpc) is 3.34. The number of hydrogen-bond acceptors (Lipinski definition) is 6. The van der Waals surface area contributed by atoms with Crippen molar-refractivity contribution in [3.05, 3.63) is 65.8 Å². The summed E-state index contributed by atoms with van der Waals surface area (Å²) in [4.78, 5) is 28.3. The first kappa shape index (κ1) is 20.4. The van der Waals surface area contributed by atoms with Crippen molar-refractivity contribution in [3.8, 4) is 0 Å². The molecule has 1 amide bonds. The lowest BCUT2D eigenvalue weighted by atomic mass is 10.1. The maximum atomic E-state index is 12.5. The summed E-state index contributed by atoms with van der Waals surface area (Å²) in [5.74, 6) is -1.01. The molecule has 160 valence electrons. The van der Waals surface area contributed by atoms with E-state index in [2.05, 4.69) is 20.1 Å². The van der Waals surface area contributed by atoms with Crippen LogP contribution in [-0.4, -0.2) is 39.3 Å². The predicted molar refractivity (Wildman–Crippen MR) is 101 cm³/mol. The number of benzene rings is 1. The number of nitrogens with one attached hydrogen (secondary N) is 1. The molecule has 0 saturated carbocycles. The zero-order valence-electron chi connectivity index (χ0n) is 15.8. The van der Waals surface area contributed by atoms with Crippen LogP contribution in [0.25, 0.3) is 16.6 Å². The molecule has 8 nitrogen and oxygen atoms in total. The standard InChI is InChI=1S/C20H15F3N4O4/c21-20(22,23)11-30-16(28)8-13-4-1-3-12-7-14(31-17(12)13)9-25-19(29)15-10-26-27-6-2-5-24-18(15)27/h1-7,10H,8-9,11H2,(H,25,29). The van der Waals surface area contributed by atoms with E-state index in [1.165, 1.54) is 10.7 Å². The Morgan fingerprint density at radius 3 is 2.87 bits per heavy atom. The van der Waals surface area contributed by atoms with Gasteiger partial charge >= 0.3 is 12.1 Å². The number of para-hydroxylation sites is 1. The van der Waals surface area contributed by atoms with Gasteiger partial charge < -0.3 is 14.5 Å². The number of halogens is 3. The Kier molecular flexibility index (Phi) is 5.32. The Bertz CT molecular complexity index is 1260. The largest absolute Gasteiger partial charge is 0.459 e. The highest BCUT2D eigenvalue weighted by Gasteiger charge is 2.29. The highest BCUT2D eigenvalue weighted by Crippen LogP contribution is 2.24. The molecule has 0 aliphatic rings. The Balaban J connectivity index is 1.45. The molecule has 0 unspecified atom stereocenters. The van der Waals surface area contributed by atoms with Crippen LogP contribution in [0.15, 0.2) is 53.3 Å². The van der Waals surface area contributed by atoms with E-state index in [0.29, 0.717) is 33.5 Å². The molecule has 3 heterocycles. The van der Waals surface area contributed by atoms with Crippen LogP contribution in [0.2, 0.25) is 0 Å². The minimum absolute atomic E-state index is 0.0512. The number of aromatic nitrogens is 3. The number of carbonyl (C=O) groups excluding carboxylic acids is 2. The molecule has 3 aromatic heterocycles. The number of esters is 1. The molecule has 0 fully saturated rings. The maximum Gasteiger partial charge on any atom is 0.422 e. The van der Waals surface area contributed by atoms with Gasteiger partial charge in [0.15, 0.2) is 12.3 Å². The van der Waals surface area contributed by atoms with E-state index in [1.54, 1.807) is 42.7 Å². The molecule has 1 N–H and O–H groups in total. The van der Waals surface area contributed by atoms with Gasteiger partial charge in [-0.3, -0.25) is 9.59 Å². The summed E-state index contributed by atoms with van der Waals surface area (Å²) in [5, 5.41) is 7.41. The van der Waals surface area contributed by atoms with Gasteiger partial charge in [-0.05, 0) is 12.1 Å². The van der Waals surface area contributed by atoms with E-state index < -0.39 is 24.7 Å². The number of amides is 1. The summed E-state index contributed by atoms with van der Waals surface area (Å²) >= 11 is 0. The molecule has 0 spiro atoms. The van der Waals surface area contributed by atoms with E-state index in [4.69, 9.17) is 4.42 Å². The third kappa shape index (κ3) is 4.65. The van der Waals surface area contributed by atoms with Crippen molar-refractivity contribution in [2.24, 2.45) is 0 Å². The molecule has 31 heavy (non-hydrogen) atoms. The Morgan fingerprint density at radius 1 is 1.23 bits per heavy atom. The first-order valence-electron chi connectivity index (χ1n) is 9.09. The molecular formula is C20H15F3N4O4. The number of nitrogens with zero attached hydrogens (tertiary/aromatic N) is 3. The first-order valence-corrected chi connectivity index (χ1v) is 9.09. The van der Waals surface area contributed by atoms with Crippen molar-refractivity contribution >= 4 is 28.5 Å². The van der Waals surface area contributed by atoms with Crippen molar-refractivity contribution in [1.82, 2.24) is 19.9 Å². The summed E-state index contributed by atoms with van der Waals surface area (Å²) in [6.45, 7) is -1.59. The topological polar surface area (TPSA) is 98.7 Å². The van der Waals surface area contributed by atoms with E-state index in [0.717, 1.165) is 0 Å². The quantitative estimate of drug-likeness (QED) is 0.470. The number of rotatable bonds is 6. The van der Waals surface area contributed by atoms with E-state index in [-0.39, 0.29) is 13.0 Å². The van der Waals surface area contributed by atoms with Crippen LogP contribution >= 0.6 is 0 Å². The summed E-state index contributed by atoms with van der Waals surface area (Å²) in [5.41, 5.74) is 1.43. The van der Waals surface area contributed by atoms with Crippen molar-refractivity contribution in [1.29, 1.82) is 0 Å². The number of hydrogen-bond donors (Lipinski definition) is 1. The van der Waals surface area contributed by atoms with Crippen molar-refractivity contribution in [2.45, 2.75) is 19.1 Å². The van der Waals surface area contributed by atoms with Crippen LogP contribution in [0.1, 0.15) is 21.7 Å². The molecule has 0 bridgehead atoms. The fourth-order valence-corrected chi connectivity index (χ4v) is 3.02. The van der Waals surface area contributed by atoms with E-state index >= 15 is 0 Å². The smallest absolute Gasteiger partial charge is 0.422 e. The second-order valence-corrected chi connectivity index (χ2v) is 6.63. The third-order valence-electron chi connectivity index (χ3n) is 4.36. The Hall–Kier alpha value is -3.89. The SMILES string of the molecule is O=C(Cc1cccc2cc(CNC(=O)c3cnn4cccnc34)oc12)OCC(F)(F)F. The zero-order chi connectivity index (χ0) is 22.0. The molecule has 1 aromatic carbocycles. The molecular weight excluding hydrogens is 417 g/mol. The first-order chi connectivity index (χ1) is 14.8. The molecule has 4 rings (SSSR count). The summed E-state index contributed by atoms with van der Waals surface area (Å²) in [6, 6.07) is 8.30. The number of furan rings is 1. The number of fused-ring (bicyclic) bond motifs is 2. The Morgan fingerprint density at radius 2 is 2.06 bits per heavy atom. The van der Waals surface area contributed by atoms with Gasteiger partial charge in [0.1, 0.15) is 16.9 Å². The molecule has 0 atom stereocenters. The zero-order valence-corrected chi connectivity index (χ0v) is 15.8. The van der Waals surface area contributed by atoms with Crippen LogP contribution in [0.5, 0.6) is 0 Å². The van der Waals surface area contributed by atoms with Crippen molar-refractivity contribution in [2.75, 3.05) is 6.61 Å². The molecule has 4 aromatic rings. The average molecular weight is 432 g/mol. The highest BCUT2D eigenvalue weighted by atomic mass is 19.4. The van der Waals surface area contributed by atoms with Gasteiger partial charge in [-0.1, -0.05) is 18.2 Å². The van der Waals surface area contributed by atoms with Crippen LogP contribution < -0.4 is 5.32 Å². The predicted octanol–water partition coefficient (Wildman–Crippen LogP) is 3.05. The summed E-state index contributed by atoms with van der Waals surface area (Å²) in [6.07, 6.45) is -0.343. The van der Waals surface area contributed by atoms with E-state index in [9.17, 15) is 22.8 Å². The van der Waals surface area contributed by atoms with Crippen molar-refractivity contribution in [3.63, 3.8) is 0 Å². The minimum atomic E-state index is -4.59. The van der Waals surface area contributed by atoms with Gasteiger partial charge in [-0.2, -0.15) is 18.3 Å². The lowest BCUT2D eigenvalue weighted by Gasteiger charge is -2.08. The molecule has 0 radical (unpaired) electrons.